The molecule has 8 heteroatoms. The van der Waals surface area contributed by atoms with Gasteiger partial charge >= 0.3 is 0 Å². The number of aromatic hydroxyl groups is 1. The number of aromatic nitrogens is 2. The van der Waals surface area contributed by atoms with Crippen LogP contribution in [0.15, 0.2) is 52.7 Å². The first-order valence-electron chi connectivity index (χ1n) is 7.31. The number of amides is 1. The first-order valence-corrected chi connectivity index (χ1v) is 8.29. The molecule has 0 fully saturated rings. The van der Waals surface area contributed by atoms with Crippen LogP contribution in [0, 0.1) is 0 Å². The predicted molar refractivity (Wildman–Crippen MR) is 98.8 cm³/mol. The van der Waals surface area contributed by atoms with Gasteiger partial charge in [0.2, 0.25) is 0 Å². The Balaban J connectivity index is 1.54. The molecule has 0 saturated carbocycles. The summed E-state index contributed by atoms with van der Waals surface area (Å²) >= 11 is 1.30. The highest BCUT2D eigenvalue weighted by molar-refractivity contribution is 7.99. The summed E-state index contributed by atoms with van der Waals surface area (Å²) in [6.07, 6.45) is 1.42. The lowest BCUT2D eigenvalue weighted by Crippen LogP contribution is -2.19. The molecule has 0 atom stereocenters. The summed E-state index contributed by atoms with van der Waals surface area (Å²) in [5, 5.41) is 14.3. The minimum Gasteiger partial charge on any atom is -0.507 e. The highest BCUT2D eigenvalue weighted by Crippen LogP contribution is 2.18. The SMILES string of the molecule is Bc1ccc(O)c(/C=N/NC(=O)CSc2nc3ccccc3[nH]2)c1. The van der Waals surface area contributed by atoms with Crippen LogP contribution in [0.25, 0.3) is 11.0 Å². The number of nitrogens with zero attached hydrogens (tertiary/aromatic N) is 2. The molecule has 1 aromatic heterocycles. The summed E-state index contributed by atoms with van der Waals surface area (Å²) in [7, 11) is 1.92. The second-order valence-electron chi connectivity index (χ2n) is 5.20. The van der Waals surface area contributed by atoms with Gasteiger partial charge in [-0.1, -0.05) is 41.5 Å². The number of phenols is 1. The number of hydrogen-bond donors (Lipinski definition) is 3. The molecule has 0 aliphatic heterocycles. The maximum atomic E-state index is 11.8. The molecule has 0 spiro atoms. The van der Waals surface area contributed by atoms with Crippen molar-refractivity contribution in [3.63, 3.8) is 0 Å². The summed E-state index contributed by atoms with van der Waals surface area (Å²) in [4.78, 5) is 19.4. The lowest BCUT2D eigenvalue weighted by Gasteiger charge is -2.01. The number of hydrogen-bond acceptors (Lipinski definition) is 5. The van der Waals surface area contributed by atoms with Crippen molar-refractivity contribution >= 4 is 48.2 Å². The number of carbonyl (C=O) groups excluding carboxylic acids is 1. The lowest BCUT2D eigenvalue weighted by molar-refractivity contribution is -0.118. The van der Waals surface area contributed by atoms with Gasteiger partial charge in [-0.15, -0.1) is 0 Å². The molecule has 3 aromatic rings. The van der Waals surface area contributed by atoms with Gasteiger partial charge in [-0.25, -0.2) is 10.4 Å². The van der Waals surface area contributed by atoms with Gasteiger partial charge in [-0.3, -0.25) is 4.79 Å². The molecule has 3 rings (SSSR count). The Labute approximate surface area is 143 Å². The number of fused-ring (bicyclic) bond motifs is 1. The van der Waals surface area contributed by atoms with Crippen molar-refractivity contribution in [3.8, 4) is 5.75 Å². The average Bonchev–Trinajstić information content (AvgIpc) is 2.99. The van der Waals surface area contributed by atoms with Crippen LogP contribution >= 0.6 is 11.8 Å². The maximum Gasteiger partial charge on any atom is 0.250 e. The molecular weight excluding hydrogens is 323 g/mol. The van der Waals surface area contributed by atoms with E-state index in [1.54, 1.807) is 18.2 Å². The Morgan fingerprint density at radius 2 is 2.21 bits per heavy atom. The van der Waals surface area contributed by atoms with E-state index >= 15 is 0 Å². The number of hydrazone groups is 1. The van der Waals surface area contributed by atoms with Gasteiger partial charge in [0, 0.05) is 5.56 Å². The molecule has 1 amide bonds. The summed E-state index contributed by atoms with van der Waals surface area (Å²) in [5.74, 6) is 0.0656. The summed E-state index contributed by atoms with van der Waals surface area (Å²) in [6, 6.07) is 12.9. The van der Waals surface area contributed by atoms with E-state index in [0.29, 0.717) is 10.7 Å². The molecule has 0 bridgehead atoms. The van der Waals surface area contributed by atoms with Gasteiger partial charge in [0.25, 0.3) is 5.91 Å². The number of rotatable bonds is 5. The van der Waals surface area contributed by atoms with Crippen LogP contribution in [0.2, 0.25) is 0 Å². The number of aromatic amines is 1. The van der Waals surface area contributed by atoms with Crippen LogP contribution in [0.4, 0.5) is 0 Å². The van der Waals surface area contributed by atoms with E-state index in [4.69, 9.17) is 0 Å². The number of imidazole rings is 1. The molecule has 0 radical (unpaired) electrons. The fourth-order valence-electron chi connectivity index (χ4n) is 2.12. The third-order valence-electron chi connectivity index (χ3n) is 3.28. The number of thioether (sulfide) groups is 1. The monoisotopic (exact) mass is 338 g/mol. The third-order valence-corrected chi connectivity index (χ3v) is 4.16. The van der Waals surface area contributed by atoms with Crippen molar-refractivity contribution in [1.82, 2.24) is 15.4 Å². The van der Waals surface area contributed by atoms with Gasteiger partial charge in [0.05, 0.1) is 23.0 Å². The number of phenolic OH excluding ortho intramolecular Hbond substituents is 1. The largest absolute Gasteiger partial charge is 0.507 e. The Bertz CT molecular complexity index is 877. The molecular formula is C16H15BN4O2S. The molecule has 6 nitrogen and oxygen atoms in total. The normalized spacial score (nSPS) is 11.2. The number of H-pyrrole nitrogens is 1. The van der Waals surface area contributed by atoms with E-state index < -0.39 is 0 Å². The topological polar surface area (TPSA) is 90.4 Å². The van der Waals surface area contributed by atoms with Crippen LogP contribution in [0.5, 0.6) is 5.75 Å². The first kappa shape index (κ1) is 16.1. The van der Waals surface area contributed by atoms with E-state index in [9.17, 15) is 9.90 Å². The quantitative estimate of drug-likeness (QED) is 0.277. The van der Waals surface area contributed by atoms with Crippen LogP contribution in [-0.2, 0) is 4.79 Å². The van der Waals surface area contributed by atoms with Crippen molar-refractivity contribution < 1.29 is 9.90 Å². The van der Waals surface area contributed by atoms with Crippen molar-refractivity contribution in [2.45, 2.75) is 5.16 Å². The summed E-state index contributed by atoms with van der Waals surface area (Å²) < 4.78 is 0. The van der Waals surface area contributed by atoms with Crippen molar-refractivity contribution in [2.75, 3.05) is 5.75 Å². The van der Waals surface area contributed by atoms with Crippen LogP contribution in [0.1, 0.15) is 5.56 Å². The smallest absolute Gasteiger partial charge is 0.250 e. The van der Waals surface area contributed by atoms with Gasteiger partial charge in [-0.05, 0) is 18.2 Å². The Hall–Kier alpha value is -2.74. The molecule has 0 unspecified atom stereocenters. The van der Waals surface area contributed by atoms with Crippen molar-refractivity contribution in [2.24, 2.45) is 5.10 Å². The van der Waals surface area contributed by atoms with E-state index in [-0.39, 0.29) is 17.4 Å². The second-order valence-corrected chi connectivity index (χ2v) is 6.17. The second kappa shape index (κ2) is 7.22. The van der Waals surface area contributed by atoms with Crippen LogP contribution < -0.4 is 10.9 Å². The molecule has 3 N–H and O–H groups in total. The zero-order valence-corrected chi connectivity index (χ0v) is 13.8. The summed E-state index contributed by atoms with van der Waals surface area (Å²) in [6.45, 7) is 0. The number of para-hydroxylation sites is 2. The standard InChI is InChI=1S/C16H15BN4O2S/c17-11-5-6-14(22)10(7-11)8-18-21-15(23)9-24-16-19-12-3-1-2-4-13(12)20-16/h1-8,22H,9,17H2,(H,19,20)(H,21,23)/b18-8+. The Morgan fingerprint density at radius 1 is 1.38 bits per heavy atom. The number of nitrogens with one attached hydrogen (secondary N) is 2. The Kier molecular flexibility index (Phi) is 4.86. The third kappa shape index (κ3) is 3.96. The molecule has 0 aliphatic carbocycles. The Morgan fingerprint density at radius 3 is 3.04 bits per heavy atom. The molecule has 0 aliphatic rings. The van der Waals surface area contributed by atoms with Crippen molar-refractivity contribution in [1.29, 1.82) is 0 Å². The van der Waals surface area contributed by atoms with Crippen LogP contribution in [-0.4, -0.2) is 40.8 Å². The van der Waals surface area contributed by atoms with Crippen LogP contribution in [0.3, 0.4) is 0 Å². The van der Waals surface area contributed by atoms with Gasteiger partial charge in [-0.2, -0.15) is 5.10 Å². The van der Waals surface area contributed by atoms with E-state index in [2.05, 4.69) is 20.5 Å². The zero-order valence-electron chi connectivity index (χ0n) is 13.0. The summed E-state index contributed by atoms with van der Waals surface area (Å²) in [5.41, 5.74) is 5.80. The van der Waals surface area contributed by atoms with Gasteiger partial charge < -0.3 is 10.1 Å². The molecule has 0 saturated heterocycles. The van der Waals surface area contributed by atoms with Gasteiger partial charge in [0.1, 0.15) is 13.6 Å². The highest BCUT2D eigenvalue weighted by Gasteiger charge is 2.06. The first-order chi connectivity index (χ1) is 11.6. The molecule has 120 valence electrons. The minimum absolute atomic E-state index is 0.121. The zero-order chi connectivity index (χ0) is 16.9. The predicted octanol–water partition coefficient (Wildman–Crippen LogP) is 0.769. The minimum atomic E-state index is -0.246. The number of benzene rings is 2. The van der Waals surface area contributed by atoms with E-state index in [1.165, 1.54) is 18.0 Å². The van der Waals surface area contributed by atoms with Gasteiger partial charge in [0.15, 0.2) is 5.16 Å². The maximum absolute atomic E-state index is 11.8. The molecule has 1 heterocycles. The fourth-order valence-corrected chi connectivity index (χ4v) is 2.79. The van der Waals surface area contributed by atoms with E-state index in [0.717, 1.165) is 16.5 Å². The fraction of sp³-hybridized carbons (Fsp3) is 0.0625. The highest BCUT2D eigenvalue weighted by atomic mass is 32.2. The molecule has 2 aromatic carbocycles. The number of carbonyl (C=O) groups is 1. The lowest BCUT2D eigenvalue weighted by atomic mass is 9.94. The molecule has 24 heavy (non-hydrogen) atoms. The van der Waals surface area contributed by atoms with E-state index in [1.807, 2.05) is 32.1 Å². The average molecular weight is 338 g/mol. The van der Waals surface area contributed by atoms with Crippen molar-refractivity contribution in [3.05, 3.63) is 48.0 Å².